The first-order valence-corrected chi connectivity index (χ1v) is 39.6. The first-order chi connectivity index (χ1) is 57.7. The summed E-state index contributed by atoms with van der Waals surface area (Å²) >= 11 is 0. The lowest BCUT2D eigenvalue weighted by atomic mass is 10.0. The molecule has 0 aliphatic rings. The molecule has 0 spiro atoms. The summed E-state index contributed by atoms with van der Waals surface area (Å²) in [4.78, 5) is 13.6. The molecule has 0 unspecified atom stereocenters. The van der Waals surface area contributed by atoms with Gasteiger partial charge in [0.15, 0.2) is 0 Å². The van der Waals surface area contributed by atoms with Crippen molar-refractivity contribution in [2.45, 2.75) is 0 Å². The summed E-state index contributed by atoms with van der Waals surface area (Å²) in [5.74, 6) is 0. The molecule has 0 fully saturated rings. The maximum Gasteiger partial charge on any atom is 0.0992 e. The molecule has 0 bridgehead atoms. The number of anilines is 15. The van der Waals surface area contributed by atoms with E-state index < -0.39 is 0 Å². The summed E-state index contributed by atoms with van der Waals surface area (Å²) < 4.78 is 0. The average Bonchev–Trinajstić information content (AvgIpc) is 0.773. The van der Waals surface area contributed by atoms with Gasteiger partial charge in [-0.15, -0.1) is 0 Å². The number of rotatable bonds is 18. The van der Waals surface area contributed by atoms with Crippen LogP contribution in [0.25, 0.3) is 76.5 Å². The van der Waals surface area contributed by atoms with Crippen LogP contribution in [0.15, 0.2) is 461 Å². The quantitative estimate of drug-likeness (QED) is 0.0848. The second-order valence-corrected chi connectivity index (χ2v) is 29.0. The average molecular weight is 1500 g/mol. The molecule has 117 heavy (non-hydrogen) atoms. The van der Waals surface area contributed by atoms with Gasteiger partial charge in [-0.3, -0.25) is 0 Å². The van der Waals surface area contributed by atoms with E-state index in [0.29, 0.717) is 5.56 Å². The minimum atomic E-state index is 0.649. The molecular weight excluding hydrogens is 1420 g/mol. The van der Waals surface area contributed by atoms with Crippen molar-refractivity contribution in [3.8, 4) is 39.4 Å². The molecule has 560 valence electrons. The lowest BCUT2D eigenvalue weighted by molar-refractivity contribution is 1.20. The summed E-state index contributed by atoms with van der Waals surface area (Å²) in [6.45, 7) is 0. The highest BCUT2D eigenvalue weighted by Gasteiger charge is 2.21. The van der Waals surface area contributed by atoms with Gasteiger partial charge in [-0.1, -0.05) is 285 Å². The standard InChI is InChI=1S/C39H30N2.C36H27N3.C35H28N2/c1-40(39-20-10-16-31-14-7-8-19-38(31)39)34-23-25-35(26-24-34)41(37-22-21-30-13-5-6-15-32(30)28-37)36-18-9-17-33(27-36)29-11-3-2-4-12-29;1-38(33-16-7-10-27(24-33)26-37)31-20-22-32(23-21-31)39(36-19-9-14-29-13-5-6-18-35(29)36)34-17-8-15-30(25-34)28-11-3-2-4-12-28;1-36(31-16-6-3-7-17-31)32-21-23-33(24-22-32)37(35-20-19-28-13-8-9-14-29(28)26-35)34-18-10-15-30(25-34)27-11-4-2-5-12-27/h2-28H,1H3;2-25H,1H3;2-26H,1H3. The Kier molecular flexibility index (Phi) is 22.0. The maximum absolute atomic E-state index is 9.32. The van der Waals surface area contributed by atoms with E-state index in [1.54, 1.807) is 0 Å². The highest BCUT2D eigenvalue weighted by Crippen LogP contribution is 2.45. The second-order valence-electron chi connectivity index (χ2n) is 29.0. The molecular formula is C110H85N7. The van der Waals surface area contributed by atoms with Crippen LogP contribution in [-0.2, 0) is 0 Å². The molecule has 0 saturated heterocycles. The first-order valence-electron chi connectivity index (χ1n) is 39.6. The van der Waals surface area contributed by atoms with E-state index in [-0.39, 0.29) is 0 Å². The van der Waals surface area contributed by atoms with E-state index in [9.17, 15) is 5.26 Å². The summed E-state index contributed by atoms with van der Waals surface area (Å²) in [7, 11) is 6.27. The van der Waals surface area contributed by atoms with Crippen molar-refractivity contribution >= 4 is 128 Å². The molecule has 0 saturated carbocycles. The molecule has 19 aromatic carbocycles. The van der Waals surface area contributed by atoms with Gasteiger partial charge in [0.1, 0.15) is 0 Å². The van der Waals surface area contributed by atoms with Gasteiger partial charge in [-0.2, -0.15) is 5.26 Å². The van der Waals surface area contributed by atoms with Gasteiger partial charge >= 0.3 is 0 Å². The van der Waals surface area contributed by atoms with E-state index in [1.165, 1.54) is 82.2 Å². The number of hydrogen-bond donors (Lipinski definition) is 0. The highest BCUT2D eigenvalue weighted by atomic mass is 15.2. The van der Waals surface area contributed by atoms with Crippen molar-refractivity contribution in [3.05, 3.63) is 467 Å². The Bertz CT molecular complexity index is 6640. The number of nitrogens with zero attached hydrogens (tertiary/aromatic N) is 7. The predicted molar refractivity (Wildman–Crippen MR) is 498 cm³/mol. The van der Waals surface area contributed by atoms with Crippen LogP contribution in [0.5, 0.6) is 0 Å². The van der Waals surface area contributed by atoms with Crippen LogP contribution in [0, 0.1) is 11.3 Å². The Balaban J connectivity index is 0.000000126. The van der Waals surface area contributed by atoms with E-state index >= 15 is 0 Å². The third-order valence-electron chi connectivity index (χ3n) is 21.7. The fraction of sp³-hybridized carbons (Fsp3) is 0.0273. The predicted octanol–water partition coefficient (Wildman–Crippen LogP) is 30.3. The second kappa shape index (κ2) is 34.6. The van der Waals surface area contributed by atoms with Gasteiger partial charge in [0, 0.05) is 112 Å². The third kappa shape index (κ3) is 16.6. The lowest BCUT2D eigenvalue weighted by Gasteiger charge is -2.28. The lowest BCUT2D eigenvalue weighted by Crippen LogP contribution is -2.12. The van der Waals surface area contributed by atoms with Gasteiger partial charge in [-0.05, 0) is 242 Å². The SMILES string of the molecule is CN(c1ccc(N(c2cccc(-c3ccccc3)c2)c2ccc3ccccc3c2)cc1)c1cccc2ccccc12.CN(c1ccc(N(c2cccc(-c3ccccc3)c2)c2cccc3ccccc23)cc1)c1cccc(C#N)c1.CN(c1ccccc1)c1ccc(N(c2cccc(-c3ccccc3)c2)c2ccc3ccccc3c2)cc1. The highest BCUT2D eigenvalue weighted by molar-refractivity contribution is 6.00. The molecule has 0 aromatic heterocycles. The fourth-order valence-electron chi connectivity index (χ4n) is 15.6. The van der Waals surface area contributed by atoms with Crippen LogP contribution in [0.2, 0.25) is 0 Å². The van der Waals surface area contributed by atoms with Crippen molar-refractivity contribution in [3.63, 3.8) is 0 Å². The van der Waals surface area contributed by atoms with E-state index in [2.05, 4.69) is 474 Å². The maximum atomic E-state index is 9.32. The zero-order chi connectivity index (χ0) is 79.2. The molecule has 7 heteroatoms. The normalized spacial score (nSPS) is 10.9. The van der Waals surface area contributed by atoms with Crippen LogP contribution in [-0.4, -0.2) is 21.1 Å². The summed E-state index contributed by atoms with van der Waals surface area (Å²) in [5, 5.41) is 19.1. The summed E-state index contributed by atoms with van der Waals surface area (Å²) in [5.41, 5.74) is 24.5. The minimum absolute atomic E-state index is 0.649. The van der Waals surface area contributed by atoms with Crippen LogP contribution in [0.3, 0.4) is 0 Å². The number of nitriles is 1. The summed E-state index contributed by atoms with van der Waals surface area (Å²) in [6.07, 6.45) is 0. The Morgan fingerprint density at radius 1 is 0.171 bits per heavy atom. The van der Waals surface area contributed by atoms with Gasteiger partial charge in [0.05, 0.1) is 17.3 Å². The number of para-hydroxylation sites is 1. The van der Waals surface area contributed by atoms with Crippen LogP contribution >= 0.6 is 0 Å². The molecule has 19 rings (SSSR count). The van der Waals surface area contributed by atoms with Crippen LogP contribution < -0.4 is 29.4 Å². The van der Waals surface area contributed by atoms with Crippen LogP contribution in [0.4, 0.5) is 85.3 Å². The number of fused-ring (bicyclic) bond motifs is 4. The number of hydrogen-bond acceptors (Lipinski definition) is 7. The van der Waals surface area contributed by atoms with Crippen LogP contribution in [0.1, 0.15) is 5.56 Å². The summed E-state index contributed by atoms with van der Waals surface area (Å²) in [6, 6.07) is 165. The zero-order valence-electron chi connectivity index (χ0n) is 65.5. The third-order valence-corrected chi connectivity index (χ3v) is 21.7. The Morgan fingerprint density at radius 2 is 0.444 bits per heavy atom. The minimum Gasteiger partial charge on any atom is -0.345 e. The van der Waals surface area contributed by atoms with E-state index in [0.717, 1.165) is 79.6 Å². The van der Waals surface area contributed by atoms with E-state index in [1.807, 2.05) is 43.4 Å². The van der Waals surface area contributed by atoms with Gasteiger partial charge in [0.2, 0.25) is 0 Å². The Morgan fingerprint density at radius 3 is 0.889 bits per heavy atom. The zero-order valence-corrected chi connectivity index (χ0v) is 65.5. The molecule has 0 aliphatic carbocycles. The molecule has 0 amide bonds. The largest absolute Gasteiger partial charge is 0.345 e. The van der Waals surface area contributed by atoms with Crippen molar-refractivity contribution in [1.29, 1.82) is 5.26 Å². The van der Waals surface area contributed by atoms with Gasteiger partial charge in [-0.25, -0.2) is 0 Å². The monoisotopic (exact) mass is 1500 g/mol. The Labute approximate surface area is 685 Å². The topological polar surface area (TPSA) is 43.2 Å². The smallest absolute Gasteiger partial charge is 0.0992 e. The fourth-order valence-corrected chi connectivity index (χ4v) is 15.6. The molecule has 0 aliphatic heterocycles. The molecule has 7 nitrogen and oxygen atoms in total. The molecule has 0 atom stereocenters. The van der Waals surface area contributed by atoms with Crippen molar-refractivity contribution in [2.24, 2.45) is 0 Å². The molecule has 0 N–H and O–H groups in total. The van der Waals surface area contributed by atoms with Gasteiger partial charge in [0.25, 0.3) is 0 Å². The molecule has 0 radical (unpaired) electrons. The molecule has 19 aromatic rings. The van der Waals surface area contributed by atoms with E-state index in [4.69, 9.17) is 0 Å². The van der Waals surface area contributed by atoms with Crippen molar-refractivity contribution in [2.75, 3.05) is 50.5 Å². The number of benzene rings is 19. The van der Waals surface area contributed by atoms with Crippen molar-refractivity contribution < 1.29 is 0 Å². The first kappa shape index (κ1) is 74.3. The van der Waals surface area contributed by atoms with Gasteiger partial charge < -0.3 is 29.4 Å². The Hall–Kier alpha value is -15.5. The molecule has 0 heterocycles. The van der Waals surface area contributed by atoms with Crippen molar-refractivity contribution in [1.82, 2.24) is 0 Å².